The molecule has 3 amide bonds. The number of methoxy groups -OCH3 is 1. The van der Waals surface area contributed by atoms with Crippen LogP contribution in [-0.2, 0) is 19.1 Å². The van der Waals surface area contributed by atoms with Gasteiger partial charge in [0.05, 0.1) is 41.0 Å². The number of hydrogen-bond donors (Lipinski definition) is 1. The van der Waals surface area contributed by atoms with Crippen LogP contribution in [0.4, 0.5) is 11.4 Å². The van der Waals surface area contributed by atoms with Crippen molar-refractivity contribution in [1.29, 1.82) is 0 Å². The van der Waals surface area contributed by atoms with Crippen molar-refractivity contribution < 1.29 is 28.7 Å². The van der Waals surface area contributed by atoms with E-state index in [4.69, 9.17) is 32.7 Å². The van der Waals surface area contributed by atoms with Crippen LogP contribution >= 0.6 is 23.2 Å². The molecule has 5 rings (SSSR count). The normalized spacial score (nSPS) is 28.7. The van der Waals surface area contributed by atoms with Crippen LogP contribution in [0.2, 0.25) is 0 Å². The lowest BCUT2D eigenvalue weighted by molar-refractivity contribution is -0.123. The Kier molecular flexibility index (Phi) is 6.19. The summed E-state index contributed by atoms with van der Waals surface area (Å²) in [5.74, 6) is -2.19. The number of nitrogens with zero attached hydrogens (tertiary/aromatic N) is 1. The second-order valence-electron chi connectivity index (χ2n) is 8.92. The summed E-state index contributed by atoms with van der Waals surface area (Å²) in [5, 5.41) is 1.98. The van der Waals surface area contributed by atoms with Crippen molar-refractivity contribution in [3.8, 4) is 5.75 Å². The number of amides is 3. The molecule has 35 heavy (non-hydrogen) atoms. The maximum Gasteiger partial charge on any atom is 0.338 e. The third kappa shape index (κ3) is 4.04. The number of ether oxygens (including phenoxy) is 2. The number of carbonyl (C=O) groups is 4. The summed E-state index contributed by atoms with van der Waals surface area (Å²) in [4.78, 5) is 51.8. The summed E-state index contributed by atoms with van der Waals surface area (Å²) in [5.41, 5.74) is 1.10. The van der Waals surface area contributed by atoms with E-state index in [1.54, 1.807) is 31.4 Å². The summed E-state index contributed by atoms with van der Waals surface area (Å²) in [6, 6.07) is 12.7. The fourth-order valence-electron chi connectivity index (χ4n) is 5.44. The van der Waals surface area contributed by atoms with Crippen molar-refractivity contribution in [2.24, 2.45) is 23.7 Å². The molecule has 0 radical (unpaired) electrons. The Morgan fingerprint density at radius 2 is 1.51 bits per heavy atom. The predicted molar refractivity (Wildman–Crippen MR) is 129 cm³/mol. The molecule has 0 unspecified atom stereocenters. The Balaban J connectivity index is 1.20. The molecule has 2 aromatic carbocycles. The van der Waals surface area contributed by atoms with Gasteiger partial charge in [0.2, 0.25) is 11.8 Å². The predicted octanol–water partition coefficient (Wildman–Crippen LogP) is 3.46. The van der Waals surface area contributed by atoms with Crippen molar-refractivity contribution in [2.75, 3.05) is 23.9 Å². The molecule has 1 heterocycles. The molecule has 2 aliphatic carbocycles. The number of esters is 1. The second-order valence-corrected chi connectivity index (χ2v) is 9.92. The average Bonchev–Trinajstić information content (AvgIpc) is 3.48. The minimum Gasteiger partial charge on any atom is -0.497 e. The zero-order valence-electron chi connectivity index (χ0n) is 18.6. The molecule has 8 nitrogen and oxygen atoms in total. The average molecular weight is 517 g/mol. The molecular weight excluding hydrogens is 495 g/mol. The molecule has 2 bridgehead atoms. The lowest BCUT2D eigenvalue weighted by Crippen LogP contribution is -2.37. The van der Waals surface area contributed by atoms with Gasteiger partial charge in [-0.2, -0.15) is 0 Å². The quantitative estimate of drug-likeness (QED) is 0.358. The van der Waals surface area contributed by atoms with E-state index in [2.05, 4.69) is 5.32 Å². The van der Waals surface area contributed by atoms with Crippen molar-refractivity contribution in [1.82, 2.24) is 0 Å². The van der Waals surface area contributed by atoms with E-state index in [9.17, 15) is 19.2 Å². The first-order chi connectivity index (χ1) is 16.8. The van der Waals surface area contributed by atoms with E-state index >= 15 is 0 Å². The van der Waals surface area contributed by atoms with Crippen molar-refractivity contribution in [2.45, 2.75) is 17.2 Å². The van der Waals surface area contributed by atoms with Crippen LogP contribution in [0.5, 0.6) is 5.75 Å². The minimum absolute atomic E-state index is 0.103. The van der Waals surface area contributed by atoms with E-state index < -0.39 is 30.3 Å². The Hall–Kier alpha value is -3.10. The van der Waals surface area contributed by atoms with Gasteiger partial charge in [-0.1, -0.05) is 0 Å². The van der Waals surface area contributed by atoms with Crippen LogP contribution in [0.15, 0.2) is 48.5 Å². The van der Waals surface area contributed by atoms with Crippen LogP contribution in [-0.4, -0.2) is 48.2 Å². The maximum atomic E-state index is 13.1. The van der Waals surface area contributed by atoms with Gasteiger partial charge in [0.15, 0.2) is 6.61 Å². The Labute approximate surface area is 211 Å². The lowest BCUT2D eigenvalue weighted by atomic mass is 9.80. The monoisotopic (exact) mass is 516 g/mol. The molecule has 2 saturated carbocycles. The van der Waals surface area contributed by atoms with Gasteiger partial charge >= 0.3 is 5.97 Å². The van der Waals surface area contributed by atoms with E-state index in [1.165, 1.54) is 29.2 Å². The van der Waals surface area contributed by atoms with Crippen LogP contribution in [0.3, 0.4) is 0 Å². The van der Waals surface area contributed by atoms with Crippen LogP contribution < -0.4 is 15.0 Å². The lowest BCUT2D eigenvalue weighted by Gasteiger charge is -2.28. The molecule has 1 aliphatic heterocycles. The Morgan fingerprint density at radius 1 is 0.943 bits per heavy atom. The van der Waals surface area contributed by atoms with Gasteiger partial charge in [-0.15, -0.1) is 23.2 Å². The minimum atomic E-state index is -0.703. The molecule has 1 saturated heterocycles. The summed E-state index contributed by atoms with van der Waals surface area (Å²) in [7, 11) is 1.54. The van der Waals surface area contributed by atoms with E-state index in [-0.39, 0.29) is 40.0 Å². The number of fused-ring (bicyclic) bond motifs is 5. The van der Waals surface area contributed by atoms with Crippen LogP contribution in [0, 0.1) is 23.7 Å². The topological polar surface area (TPSA) is 102 Å². The molecule has 10 heteroatoms. The highest BCUT2D eigenvalue weighted by Crippen LogP contribution is 2.59. The highest BCUT2D eigenvalue weighted by atomic mass is 35.5. The number of rotatable bonds is 6. The summed E-state index contributed by atoms with van der Waals surface area (Å²) in [6.45, 7) is -0.471. The van der Waals surface area contributed by atoms with E-state index in [0.717, 1.165) is 0 Å². The largest absolute Gasteiger partial charge is 0.497 e. The molecule has 1 N–H and O–H groups in total. The van der Waals surface area contributed by atoms with E-state index in [0.29, 0.717) is 23.5 Å². The van der Waals surface area contributed by atoms with Gasteiger partial charge in [0, 0.05) is 5.69 Å². The first kappa shape index (κ1) is 23.6. The first-order valence-corrected chi connectivity index (χ1v) is 12.0. The van der Waals surface area contributed by atoms with Crippen LogP contribution in [0.25, 0.3) is 0 Å². The SMILES string of the molecule is COc1ccc(NC(=O)COC(=O)c2ccc(N3C(=O)[C@@H]4[C@H]5C[C@@H]([C@H](Cl)[C@@H]5Cl)[C@@H]4C3=O)cc2)cc1. The van der Waals surface area contributed by atoms with Gasteiger partial charge in [-0.25, -0.2) is 4.79 Å². The van der Waals surface area contributed by atoms with Crippen molar-refractivity contribution >= 4 is 58.3 Å². The third-order valence-corrected chi connectivity index (χ3v) is 8.38. The number of alkyl halides is 2. The summed E-state index contributed by atoms with van der Waals surface area (Å²) < 4.78 is 10.1. The standard InChI is InChI=1S/C25H22Cl2N2O6/c1-34-15-8-4-13(5-9-15)28-18(30)11-35-25(33)12-2-6-14(7-3-12)29-23(31)19-16-10-17(20(19)24(29)32)22(27)21(16)26/h2-9,16-17,19-22H,10-11H2,1H3,(H,28,30)/t16-,17-,19-,20+,21-,22+/m1/s1. The van der Waals surface area contributed by atoms with Gasteiger partial charge in [-0.3, -0.25) is 19.3 Å². The number of imide groups is 1. The zero-order valence-corrected chi connectivity index (χ0v) is 20.2. The van der Waals surface area contributed by atoms with Gasteiger partial charge < -0.3 is 14.8 Å². The molecule has 3 fully saturated rings. The number of nitrogens with one attached hydrogen (secondary N) is 1. The summed E-state index contributed by atoms with van der Waals surface area (Å²) in [6.07, 6.45) is 0.694. The van der Waals surface area contributed by atoms with Crippen molar-refractivity contribution in [3.05, 3.63) is 54.1 Å². The molecule has 0 aromatic heterocycles. The number of carbonyl (C=O) groups excluding carboxylic acids is 4. The Bertz CT molecular complexity index is 1150. The highest BCUT2D eigenvalue weighted by Gasteiger charge is 2.66. The van der Waals surface area contributed by atoms with Gasteiger partial charge in [0.25, 0.3) is 5.91 Å². The van der Waals surface area contributed by atoms with Crippen molar-refractivity contribution in [3.63, 3.8) is 0 Å². The number of benzene rings is 2. The molecule has 182 valence electrons. The maximum absolute atomic E-state index is 13.1. The fourth-order valence-corrected chi connectivity index (χ4v) is 6.33. The van der Waals surface area contributed by atoms with Gasteiger partial charge in [-0.05, 0) is 66.8 Å². The van der Waals surface area contributed by atoms with E-state index in [1.807, 2.05) is 0 Å². The smallest absolute Gasteiger partial charge is 0.338 e. The highest BCUT2D eigenvalue weighted by molar-refractivity contribution is 6.32. The molecule has 6 atom stereocenters. The number of halogens is 2. The summed E-state index contributed by atoms with van der Waals surface area (Å²) >= 11 is 12.8. The molecule has 2 aromatic rings. The molecular formula is C25H22Cl2N2O6. The second kappa shape index (κ2) is 9.17. The number of anilines is 2. The van der Waals surface area contributed by atoms with Crippen LogP contribution in [0.1, 0.15) is 16.8 Å². The first-order valence-electron chi connectivity index (χ1n) is 11.2. The Morgan fingerprint density at radius 3 is 2.06 bits per heavy atom. The molecule has 0 spiro atoms. The fraction of sp³-hybridized carbons (Fsp3) is 0.360. The zero-order chi connectivity index (χ0) is 24.9. The third-order valence-electron chi connectivity index (χ3n) is 7.06. The number of hydrogen-bond acceptors (Lipinski definition) is 6. The van der Waals surface area contributed by atoms with Gasteiger partial charge in [0.1, 0.15) is 5.75 Å². The molecule has 3 aliphatic rings.